The number of carbonyl (C=O) groups is 1. The summed E-state index contributed by atoms with van der Waals surface area (Å²) in [5, 5.41) is 6.04. The van der Waals surface area contributed by atoms with Gasteiger partial charge in [0.05, 0.1) is 6.54 Å². The molecule has 0 aromatic heterocycles. The van der Waals surface area contributed by atoms with Crippen molar-refractivity contribution in [1.82, 2.24) is 0 Å². The summed E-state index contributed by atoms with van der Waals surface area (Å²) >= 11 is 0. The molecule has 0 radical (unpaired) electrons. The van der Waals surface area contributed by atoms with Crippen LogP contribution in [-0.4, -0.2) is 12.5 Å². The van der Waals surface area contributed by atoms with Crippen LogP contribution in [0.4, 0.5) is 11.4 Å². The van der Waals surface area contributed by atoms with Gasteiger partial charge < -0.3 is 10.6 Å². The zero-order valence-corrected chi connectivity index (χ0v) is 12.6. The van der Waals surface area contributed by atoms with E-state index in [1.54, 1.807) is 0 Å². The molecule has 0 atom stereocenters. The van der Waals surface area contributed by atoms with Crippen LogP contribution in [0.5, 0.6) is 0 Å². The van der Waals surface area contributed by atoms with E-state index in [1.165, 1.54) is 11.1 Å². The summed E-state index contributed by atoms with van der Waals surface area (Å²) in [6, 6.07) is 16.1. The topological polar surface area (TPSA) is 41.1 Å². The van der Waals surface area contributed by atoms with E-state index < -0.39 is 0 Å². The monoisotopic (exact) mass is 282 g/mol. The Labute approximate surface area is 126 Å². The van der Waals surface area contributed by atoms with Crippen molar-refractivity contribution in [2.75, 3.05) is 17.2 Å². The van der Waals surface area contributed by atoms with Crippen molar-refractivity contribution in [3.05, 3.63) is 59.7 Å². The minimum absolute atomic E-state index is 0.0391. The van der Waals surface area contributed by atoms with Gasteiger partial charge in [0.2, 0.25) is 5.91 Å². The summed E-state index contributed by atoms with van der Waals surface area (Å²) in [6.45, 7) is 4.49. The Bertz CT molecular complexity index is 590. The maximum absolute atomic E-state index is 11.9. The van der Waals surface area contributed by atoms with E-state index in [-0.39, 0.29) is 12.5 Å². The lowest BCUT2D eigenvalue weighted by molar-refractivity contribution is -0.114. The van der Waals surface area contributed by atoms with Gasteiger partial charge in [0, 0.05) is 11.4 Å². The summed E-state index contributed by atoms with van der Waals surface area (Å²) in [7, 11) is 0. The molecule has 2 aromatic rings. The average Bonchev–Trinajstić information content (AvgIpc) is 2.53. The quantitative estimate of drug-likeness (QED) is 0.844. The molecule has 1 amide bonds. The van der Waals surface area contributed by atoms with Gasteiger partial charge in [0.1, 0.15) is 0 Å². The highest BCUT2D eigenvalue weighted by Gasteiger charge is 2.03. The number of benzene rings is 2. The van der Waals surface area contributed by atoms with Crippen molar-refractivity contribution in [3.63, 3.8) is 0 Å². The normalized spacial score (nSPS) is 10.2. The fourth-order valence-electron chi connectivity index (χ4n) is 2.11. The Kier molecular flexibility index (Phi) is 5.38. The summed E-state index contributed by atoms with van der Waals surface area (Å²) in [5.74, 6) is -0.0391. The van der Waals surface area contributed by atoms with Gasteiger partial charge in [0.15, 0.2) is 0 Å². The van der Waals surface area contributed by atoms with Crippen LogP contribution >= 0.6 is 0 Å². The first-order valence-electron chi connectivity index (χ1n) is 7.43. The first-order chi connectivity index (χ1) is 10.2. The van der Waals surface area contributed by atoms with Crippen LogP contribution in [0.15, 0.2) is 48.5 Å². The van der Waals surface area contributed by atoms with Crippen LogP contribution in [-0.2, 0) is 17.6 Å². The molecule has 0 saturated heterocycles. The van der Waals surface area contributed by atoms with Gasteiger partial charge >= 0.3 is 0 Å². The van der Waals surface area contributed by atoms with E-state index in [2.05, 4.69) is 42.7 Å². The molecule has 0 heterocycles. The van der Waals surface area contributed by atoms with E-state index >= 15 is 0 Å². The van der Waals surface area contributed by atoms with Crippen LogP contribution in [0, 0.1) is 0 Å². The molecule has 21 heavy (non-hydrogen) atoms. The maximum Gasteiger partial charge on any atom is 0.243 e. The van der Waals surface area contributed by atoms with E-state index in [4.69, 9.17) is 0 Å². The molecule has 2 rings (SSSR count). The molecule has 0 aliphatic rings. The minimum Gasteiger partial charge on any atom is -0.376 e. The molecule has 2 aromatic carbocycles. The Balaban J connectivity index is 1.86. The third-order valence-electron chi connectivity index (χ3n) is 3.43. The highest BCUT2D eigenvalue weighted by molar-refractivity contribution is 5.93. The number of aryl methyl sites for hydroxylation is 2. The second kappa shape index (κ2) is 7.48. The largest absolute Gasteiger partial charge is 0.376 e. The van der Waals surface area contributed by atoms with Crippen molar-refractivity contribution in [2.45, 2.75) is 26.7 Å². The molecular formula is C18H22N2O. The zero-order valence-electron chi connectivity index (χ0n) is 12.6. The predicted octanol–water partition coefficient (Wildman–Crippen LogP) is 3.86. The third-order valence-corrected chi connectivity index (χ3v) is 3.43. The first-order valence-corrected chi connectivity index (χ1v) is 7.43. The van der Waals surface area contributed by atoms with Crippen LogP contribution in [0.25, 0.3) is 0 Å². The molecule has 0 aliphatic carbocycles. The summed E-state index contributed by atoms with van der Waals surface area (Å²) in [4.78, 5) is 11.9. The zero-order chi connectivity index (χ0) is 15.1. The molecule has 0 fully saturated rings. The van der Waals surface area contributed by atoms with Crippen LogP contribution in [0.3, 0.4) is 0 Å². The Morgan fingerprint density at radius 2 is 1.62 bits per heavy atom. The Morgan fingerprint density at radius 3 is 2.29 bits per heavy atom. The molecule has 0 bridgehead atoms. The van der Waals surface area contributed by atoms with E-state index in [0.717, 1.165) is 24.2 Å². The average molecular weight is 282 g/mol. The number of carbonyl (C=O) groups excluding carboxylic acids is 1. The number of hydrogen-bond donors (Lipinski definition) is 2. The standard InChI is InChI=1S/C18H22N2O/c1-3-14-8-10-16(11-9-14)19-13-18(21)20-17-7-5-6-15(4-2)12-17/h5-12,19H,3-4,13H2,1-2H3,(H,20,21). The fourth-order valence-corrected chi connectivity index (χ4v) is 2.11. The first kappa shape index (κ1) is 15.1. The van der Waals surface area contributed by atoms with Gasteiger partial charge in [-0.3, -0.25) is 4.79 Å². The van der Waals surface area contributed by atoms with Crippen molar-refractivity contribution < 1.29 is 4.79 Å². The number of amides is 1. The van der Waals surface area contributed by atoms with Gasteiger partial charge in [-0.15, -0.1) is 0 Å². The lowest BCUT2D eigenvalue weighted by Crippen LogP contribution is -2.21. The number of hydrogen-bond acceptors (Lipinski definition) is 2. The lowest BCUT2D eigenvalue weighted by Gasteiger charge is -2.09. The molecule has 0 saturated carbocycles. The summed E-state index contributed by atoms with van der Waals surface area (Å²) < 4.78 is 0. The summed E-state index contributed by atoms with van der Waals surface area (Å²) in [6.07, 6.45) is 1.99. The maximum atomic E-state index is 11.9. The van der Waals surface area contributed by atoms with Gasteiger partial charge in [0.25, 0.3) is 0 Å². The SMILES string of the molecule is CCc1ccc(NCC(=O)Nc2cccc(CC)c2)cc1. The van der Waals surface area contributed by atoms with Gasteiger partial charge in [-0.25, -0.2) is 0 Å². The van der Waals surface area contributed by atoms with Gasteiger partial charge in [-0.1, -0.05) is 38.1 Å². The molecule has 110 valence electrons. The number of nitrogens with one attached hydrogen (secondary N) is 2. The van der Waals surface area contributed by atoms with Crippen molar-refractivity contribution in [3.8, 4) is 0 Å². The second-order valence-corrected chi connectivity index (χ2v) is 5.01. The molecule has 3 nitrogen and oxygen atoms in total. The van der Waals surface area contributed by atoms with Gasteiger partial charge in [-0.2, -0.15) is 0 Å². The molecule has 0 unspecified atom stereocenters. The van der Waals surface area contributed by atoms with Crippen molar-refractivity contribution in [2.24, 2.45) is 0 Å². The van der Waals surface area contributed by atoms with Crippen molar-refractivity contribution in [1.29, 1.82) is 0 Å². The van der Waals surface area contributed by atoms with E-state index in [9.17, 15) is 4.79 Å². The smallest absolute Gasteiger partial charge is 0.243 e. The highest BCUT2D eigenvalue weighted by Crippen LogP contribution is 2.12. The molecule has 0 aliphatic heterocycles. The third kappa shape index (κ3) is 4.63. The van der Waals surface area contributed by atoms with Crippen LogP contribution in [0.1, 0.15) is 25.0 Å². The number of anilines is 2. The molecule has 3 heteroatoms. The highest BCUT2D eigenvalue weighted by atomic mass is 16.1. The van der Waals surface area contributed by atoms with Crippen LogP contribution < -0.4 is 10.6 Å². The van der Waals surface area contributed by atoms with Gasteiger partial charge in [-0.05, 0) is 48.2 Å². The van der Waals surface area contributed by atoms with E-state index in [1.807, 2.05) is 30.3 Å². The lowest BCUT2D eigenvalue weighted by atomic mass is 10.1. The van der Waals surface area contributed by atoms with E-state index in [0.29, 0.717) is 0 Å². The second-order valence-electron chi connectivity index (χ2n) is 5.01. The summed E-state index contributed by atoms with van der Waals surface area (Å²) in [5.41, 5.74) is 4.32. The Hall–Kier alpha value is -2.29. The van der Waals surface area contributed by atoms with Crippen molar-refractivity contribution >= 4 is 17.3 Å². The predicted molar refractivity (Wildman–Crippen MR) is 88.8 cm³/mol. The number of rotatable bonds is 6. The fraction of sp³-hybridized carbons (Fsp3) is 0.278. The molecular weight excluding hydrogens is 260 g/mol. The van der Waals surface area contributed by atoms with Crippen LogP contribution in [0.2, 0.25) is 0 Å². The minimum atomic E-state index is -0.0391. The Morgan fingerprint density at radius 1 is 0.905 bits per heavy atom. The molecule has 0 spiro atoms. The molecule has 2 N–H and O–H groups in total.